The number of nitrogens with zero attached hydrogens (tertiary/aromatic N) is 2. The summed E-state index contributed by atoms with van der Waals surface area (Å²) in [6, 6.07) is 6.84. The predicted molar refractivity (Wildman–Crippen MR) is 102 cm³/mol. The molecule has 0 saturated carbocycles. The SMILES string of the molecule is N#C/C(=C\c1ccccc1C(F)(F)F)c1nc2sc3c(c2c(=O)[nH]1)CCCC3. The fraction of sp³-hybridized carbons (Fsp3) is 0.250. The molecule has 1 aromatic carbocycles. The fourth-order valence-corrected chi connectivity index (χ4v) is 4.74. The van der Waals surface area contributed by atoms with E-state index in [1.165, 1.54) is 29.5 Å². The second-order valence-electron chi connectivity index (χ2n) is 6.56. The van der Waals surface area contributed by atoms with Gasteiger partial charge in [0.05, 0.1) is 16.5 Å². The third kappa shape index (κ3) is 3.22. The quantitative estimate of drug-likeness (QED) is 0.618. The van der Waals surface area contributed by atoms with Crippen LogP contribution in [0, 0.1) is 11.3 Å². The molecule has 1 N–H and O–H groups in total. The lowest BCUT2D eigenvalue weighted by molar-refractivity contribution is -0.137. The van der Waals surface area contributed by atoms with Crippen LogP contribution in [-0.2, 0) is 19.0 Å². The molecule has 8 heteroatoms. The predicted octanol–water partition coefficient (Wildman–Crippen LogP) is 4.95. The van der Waals surface area contributed by atoms with Crippen LogP contribution in [0.2, 0.25) is 0 Å². The van der Waals surface area contributed by atoms with Crippen molar-refractivity contribution >= 4 is 33.2 Å². The van der Waals surface area contributed by atoms with E-state index in [0.717, 1.165) is 48.3 Å². The van der Waals surface area contributed by atoms with Gasteiger partial charge in [0.2, 0.25) is 0 Å². The van der Waals surface area contributed by atoms with E-state index in [-0.39, 0.29) is 22.5 Å². The van der Waals surface area contributed by atoms with Crippen LogP contribution < -0.4 is 5.56 Å². The van der Waals surface area contributed by atoms with Gasteiger partial charge in [-0.15, -0.1) is 11.3 Å². The maximum Gasteiger partial charge on any atom is 0.416 e. The summed E-state index contributed by atoms with van der Waals surface area (Å²) in [6.07, 6.45) is 0.343. The summed E-state index contributed by atoms with van der Waals surface area (Å²) >= 11 is 1.42. The molecule has 0 fully saturated rings. The molecule has 1 aliphatic carbocycles. The molecule has 3 aromatic rings. The van der Waals surface area contributed by atoms with E-state index < -0.39 is 11.7 Å². The van der Waals surface area contributed by atoms with Crippen LogP contribution in [0.3, 0.4) is 0 Å². The maximum absolute atomic E-state index is 13.2. The molecule has 0 saturated heterocycles. The number of aromatic nitrogens is 2. The zero-order valence-corrected chi connectivity index (χ0v) is 15.4. The summed E-state index contributed by atoms with van der Waals surface area (Å²) in [5, 5.41) is 10.0. The van der Waals surface area contributed by atoms with Gasteiger partial charge >= 0.3 is 6.18 Å². The number of alkyl halides is 3. The van der Waals surface area contributed by atoms with Gasteiger partial charge in [-0.05, 0) is 49.0 Å². The first kappa shape index (κ1) is 18.4. The Morgan fingerprint density at radius 2 is 2.00 bits per heavy atom. The Balaban J connectivity index is 1.86. The third-order valence-electron chi connectivity index (χ3n) is 4.77. The number of allylic oxidation sites excluding steroid dienone is 1. The van der Waals surface area contributed by atoms with Gasteiger partial charge in [0, 0.05) is 4.88 Å². The summed E-state index contributed by atoms with van der Waals surface area (Å²) in [6.45, 7) is 0. The highest BCUT2D eigenvalue weighted by Crippen LogP contribution is 2.35. The van der Waals surface area contributed by atoms with Gasteiger partial charge in [-0.3, -0.25) is 4.79 Å². The van der Waals surface area contributed by atoms with Gasteiger partial charge in [0.1, 0.15) is 10.9 Å². The molecule has 0 spiro atoms. The molecule has 142 valence electrons. The van der Waals surface area contributed by atoms with Crippen molar-refractivity contribution in [1.29, 1.82) is 5.26 Å². The van der Waals surface area contributed by atoms with Crippen molar-refractivity contribution in [2.24, 2.45) is 0 Å². The summed E-state index contributed by atoms with van der Waals surface area (Å²) < 4.78 is 39.7. The van der Waals surface area contributed by atoms with Gasteiger partial charge in [-0.2, -0.15) is 18.4 Å². The van der Waals surface area contributed by atoms with Crippen LogP contribution in [0.5, 0.6) is 0 Å². The number of aromatic amines is 1. The van der Waals surface area contributed by atoms with Gasteiger partial charge in [-0.1, -0.05) is 18.2 Å². The highest BCUT2D eigenvalue weighted by Gasteiger charge is 2.32. The van der Waals surface area contributed by atoms with Crippen molar-refractivity contribution < 1.29 is 13.2 Å². The van der Waals surface area contributed by atoms with Crippen LogP contribution in [0.15, 0.2) is 29.1 Å². The van der Waals surface area contributed by atoms with E-state index in [4.69, 9.17) is 0 Å². The molecule has 0 unspecified atom stereocenters. The molecule has 4 nitrogen and oxygen atoms in total. The van der Waals surface area contributed by atoms with Crippen LogP contribution in [-0.4, -0.2) is 9.97 Å². The maximum atomic E-state index is 13.2. The Kier molecular flexibility index (Phi) is 4.55. The molecule has 0 radical (unpaired) electrons. The van der Waals surface area contributed by atoms with Crippen molar-refractivity contribution in [3.8, 4) is 6.07 Å². The Morgan fingerprint density at radius 3 is 2.75 bits per heavy atom. The summed E-state index contributed by atoms with van der Waals surface area (Å²) in [5.74, 6) is -0.0180. The zero-order chi connectivity index (χ0) is 19.9. The highest BCUT2D eigenvalue weighted by atomic mass is 32.1. The van der Waals surface area contributed by atoms with E-state index in [0.29, 0.717) is 10.2 Å². The average Bonchev–Trinajstić information content (AvgIpc) is 3.04. The number of rotatable bonds is 2. The first-order valence-electron chi connectivity index (χ1n) is 8.71. The summed E-state index contributed by atoms with van der Waals surface area (Å²) in [7, 11) is 0. The molecule has 0 amide bonds. The zero-order valence-electron chi connectivity index (χ0n) is 14.6. The number of hydrogen-bond acceptors (Lipinski definition) is 4. The molecule has 2 heterocycles. The topological polar surface area (TPSA) is 69.5 Å². The second kappa shape index (κ2) is 6.91. The van der Waals surface area contributed by atoms with Gasteiger partial charge in [0.25, 0.3) is 5.56 Å². The molecule has 4 rings (SSSR count). The first-order chi connectivity index (χ1) is 13.4. The van der Waals surface area contributed by atoms with E-state index in [2.05, 4.69) is 9.97 Å². The second-order valence-corrected chi connectivity index (χ2v) is 7.64. The number of benzene rings is 1. The Bertz CT molecular complexity index is 1200. The standard InChI is InChI=1S/C20H14F3N3OS/c21-20(22,23)14-7-3-1-5-11(14)9-12(10-24)17-25-18(27)16-13-6-2-4-8-15(13)28-19(16)26-17/h1,3,5,7,9H,2,4,6,8H2,(H,25,26,27)/b12-9+. The fourth-order valence-electron chi connectivity index (χ4n) is 3.48. The third-order valence-corrected chi connectivity index (χ3v) is 5.95. The molecule has 0 bridgehead atoms. The molecule has 1 aliphatic rings. The molecular formula is C20H14F3N3OS. The minimum absolute atomic E-state index is 0.0180. The van der Waals surface area contributed by atoms with Crippen molar-refractivity contribution in [2.75, 3.05) is 0 Å². The normalized spacial score (nSPS) is 14.7. The van der Waals surface area contributed by atoms with Crippen molar-refractivity contribution in [2.45, 2.75) is 31.9 Å². The molecule has 0 aliphatic heterocycles. The van der Waals surface area contributed by atoms with E-state index in [1.807, 2.05) is 6.07 Å². The van der Waals surface area contributed by atoms with Gasteiger partial charge in [0.15, 0.2) is 5.82 Å². The van der Waals surface area contributed by atoms with E-state index in [9.17, 15) is 23.2 Å². The summed E-state index contributed by atoms with van der Waals surface area (Å²) in [4.78, 5) is 21.3. The van der Waals surface area contributed by atoms with Crippen molar-refractivity contribution in [3.05, 3.63) is 62.0 Å². The van der Waals surface area contributed by atoms with Crippen molar-refractivity contribution in [3.63, 3.8) is 0 Å². The lowest BCUT2D eigenvalue weighted by atomic mass is 9.97. The number of fused-ring (bicyclic) bond motifs is 3. The van der Waals surface area contributed by atoms with E-state index >= 15 is 0 Å². The average molecular weight is 401 g/mol. The lowest BCUT2D eigenvalue weighted by Crippen LogP contribution is -2.12. The first-order valence-corrected chi connectivity index (χ1v) is 9.53. The molecule has 2 aromatic heterocycles. The Morgan fingerprint density at radius 1 is 1.25 bits per heavy atom. The number of hydrogen-bond donors (Lipinski definition) is 1. The molecule has 0 atom stereocenters. The van der Waals surface area contributed by atoms with Gasteiger partial charge < -0.3 is 4.98 Å². The van der Waals surface area contributed by atoms with Gasteiger partial charge in [-0.25, -0.2) is 4.98 Å². The molecular weight excluding hydrogens is 387 g/mol. The number of halogens is 3. The lowest BCUT2D eigenvalue weighted by Gasteiger charge is -2.10. The minimum Gasteiger partial charge on any atom is -0.305 e. The van der Waals surface area contributed by atoms with Crippen LogP contribution >= 0.6 is 11.3 Å². The smallest absolute Gasteiger partial charge is 0.305 e. The number of nitrogens with one attached hydrogen (secondary N) is 1. The summed E-state index contributed by atoms with van der Waals surface area (Å²) in [5.41, 5.74) is -0.472. The highest BCUT2D eigenvalue weighted by molar-refractivity contribution is 7.18. The number of thiophene rings is 1. The Labute approximate surface area is 162 Å². The Hall–Kier alpha value is -2.92. The van der Waals surface area contributed by atoms with Crippen molar-refractivity contribution in [1.82, 2.24) is 9.97 Å². The minimum atomic E-state index is -4.55. The van der Waals surface area contributed by atoms with E-state index in [1.54, 1.807) is 0 Å². The largest absolute Gasteiger partial charge is 0.416 e. The number of aryl methyl sites for hydroxylation is 2. The number of H-pyrrole nitrogens is 1. The number of nitriles is 1. The van der Waals surface area contributed by atoms with Crippen LogP contribution in [0.4, 0.5) is 13.2 Å². The monoisotopic (exact) mass is 401 g/mol. The van der Waals surface area contributed by atoms with Crippen LogP contribution in [0.25, 0.3) is 21.9 Å². The van der Waals surface area contributed by atoms with Crippen LogP contribution in [0.1, 0.15) is 40.2 Å². The molecule has 28 heavy (non-hydrogen) atoms.